The lowest BCUT2D eigenvalue weighted by Crippen LogP contribution is -2.17. The van der Waals surface area contributed by atoms with Gasteiger partial charge in [0, 0.05) is 6.42 Å². The van der Waals surface area contributed by atoms with Crippen LogP contribution < -0.4 is 0 Å². The molecule has 0 radical (unpaired) electrons. The van der Waals surface area contributed by atoms with Gasteiger partial charge in [-0.25, -0.2) is 0 Å². The Morgan fingerprint density at radius 2 is 1.69 bits per heavy atom. The van der Waals surface area contributed by atoms with Gasteiger partial charge in [-0.1, -0.05) is 46.5 Å². The zero-order valence-electron chi connectivity index (χ0n) is 9.05. The fourth-order valence-electron chi connectivity index (χ4n) is 2.01. The van der Waals surface area contributed by atoms with Crippen LogP contribution >= 0.6 is 0 Å². The zero-order valence-corrected chi connectivity index (χ0v) is 9.05. The van der Waals surface area contributed by atoms with E-state index in [-0.39, 0.29) is 0 Å². The van der Waals surface area contributed by atoms with Crippen molar-refractivity contribution in [1.29, 1.82) is 0 Å². The Hall–Kier alpha value is -0.530. The highest BCUT2D eigenvalue weighted by atomic mass is 16.4. The van der Waals surface area contributed by atoms with Gasteiger partial charge in [0.2, 0.25) is 0 Å². The summed E-state index contributed by atoms with van der Waals surface area (Å²) in [4.78, 5) is 10.6. The minimum Gasteiger partial charge on any atom is -0.481 e. The van der Waals surface area contributed by atoms with E-state index >= 15 is 0 Å². The third-order valence-electron chi connectivity index (χ3n) is 2.81. The average molecular weight is 186 g/mol. The molecule has 0 aliphatic carbocycles. The molecule has 2 nitrogen and oxygen atoms in total. The van der Waals surface area contributed by atoms with Crippen molar-refractivity contribution >= 4 is 5.97 Å². The molecule has 0 saturated carbocycles. The first-order chi connectivity index (χ1) is 6.15. The number of carboxylic acid groups (broad SMARTS) is 1. The van der Waals surface area contributed by atoms with Crippen molar-refractivity contribution in [3.05, 3.63) is 0 Å². The first-order valence-corrected chi connectivity index (χ1v) is 5.37. The molecule has 2 atom stereocenters. The van der Waals surface area contributed by atoms with Crippen LogP contribution in [0, 0.1) is 11.8 Å². The highest BCUT2D eigenvalue weighted by Crippen LogP contribution is 2.26. The molecular weight excluding hydrogens is 164 g/mol. The van der Waals surface area contributed by atoms with Crippen LogP contribution in [0.4, 0.5) is 0 Å². The molecule has 0 heterocycles. The lowest BCUT2D eigenvalue weighted by molar-refractivity contribution is -0.138. The second kappa shape index (κ2) is 6.93. The molecule has 0 aromatic rings. The SMILES string of the molecule is CCCC(CC)C(CC)CC(=O)O. The van der Waals surface area contributed by atoms with Crippen molar-refractivity contribution < 1.29 is 9.90 Å². The average Bonchev–Trinajstić information content (AvgIpc) is 2.10. The van der Waals surface area contributed by atoms with Crippen LogP contribution in [0.25, 0.3) is 0 Å². The summed E-state index contributed by atoms with van der Waals surface area (Å²) in [5.74, 6) is 0.329. The summed E-state index contributed by atoms with van der Waals surface area (Å²) >= 11 is 0. The Bertz CT molecular complexity index is 143. The van der Waals surface area contributed by atoms with E-state index < -0.39 is 5.97 Å². The van der Waals surface area contributed by atoms with E-state index in [2.05, 4.69) is 20.8 Å². The van der Waals surface area contributed by atoms with Gasteiger partial charge in [-0.15, -0.1) is 0 Å². The van der Waals surface area contributed by atoms with Gasteiger partial charge in [0.05, 0.1) is 0 Å². The smallest absolute Gasteiger partial charge is 0.303 e. The lowest BCUT2D eigenvalue weighted by Gasteiger charge is -2.23. The quantitative estimate of drug-likeness (QED) is 0.662. The van der Waals surface area contributed by atoms with E-state index in [0.717, 1.165) is 19.3 Å². The molecule has 0 spiro atoms. The minimum atomic E-state index is -0.651. The van der Waals surface area contributed by atoms with E-state index in [1.54, 1.807) is 0 Å². The first-order valence-electron chi connectivity index (χ1n) is 5.37. The summed E-state index contributed by atoms with van der Waals surface area (Å²) < 4.78 is 0. The van der Waals surface area contributed by atoms with Gasteiger partial charge < -0.3 is 5.11 Å². The van der Waals surface area contributed by atoms with Crippen molar-refractivity contribution in [2.24, 2.45) is 11.8 Å². The van der Waals surface area contributed by atoms with Gasteiger partial charge >= 0.3 is 5.97 Å². The molecule has 0 aliphatic heterocycles. The Balaban J connectivity index is 4.07. The molecule has 0 amide bonds. The topological polar surface area (TPSA) is 37.3 Å². The van der Waals surface area contributed by atoms with E-state index in [1.807, 2.05) is 0 Å². The highest BCUT2D eigenvalue weighted by Gasteiger charge is 2.19. The van der Waals surface area contributed by atoms with Crippen LogP contribution in [0.1, 0.15) is 52.9 Å². The molecule has 0 aromatic carbocycles. The summed E-state index contributed by atoms with van der Waals surface area (Å²) in [6, 6.07) is 0. The number of aliphatic carboxylic acids is 1. The van der Waals surface area contributed by atoms with Crippen LogP contribution in [0.3, 0.4) is 0 Å². The maximum Gasteiger partial charge on any atom is 0.303 e. The van der Waals surface area contributed by atoms with Crippen molar-refractivity contribution in [3.8, 4) is 0 Å². The zero-order chi connectivity index (χ0) is 10.3. The van der Waals surface area contributed by atoms with Gasteiger partial charge in [0.1, 0.15) is 0 Å². The van der Waals surface area contributed by atoms with E-state index in [9.17, 15) is 4.79 Å². The van der Waals surface area contributed by atoms with Crippen molar-refractivity contribution in [1.82, 2.24) is 0 Å². The number of hydrogen-bond acceptors (Lipinski definition) is 1. The number of rotatable bonds is 7. The molecule has 2 unspecified atom stereocenters. The van der Waals surface area contributed by atoms with Gasteiger partial charge in [0.25, 0.3) is 0 Å². The third kappa shape index (κ3) is 4.91. The summed E-state index contributed by atoms with van der Waals surface area (Å²) in [6.45, 7) is 6.41. The largest absolute Gasteiger partial charge is 0.481 e. The van der Waals surface area contributed by atoms with Gasteiger partial charge in [0.15, 0.2) is 0 Å². The molecule has 0 saturated heterocycles. The number of carbonyl (C=O) groups is 1. The second-order valence-electron chi connectivity index (χ2n) is 3.72. The van der Waals surface area contributed by atoms with Crippen LogP contribution in [0.2, 0.25) is 0 Å². The predicted octanol–water partition coefficient (Wildman–Crippen LogP) is 3.31. The number of hydrogen-bond donors (Lipinski definition) is 1. The molecule has 0 rings (SSSR count). The Kier molecular flexibility index (Phi) is 6.65. The lowest BCUT2D eigenvalue weighted by atomic mass is 9.82. The molecule has 13 heavy (non-hydrogen) atoms. The Morgan fingerprint density at radius 3 is 2.00 bits per heavy atom. The van der Waals surface area contributed by atoms with E-state index in [1.165, 1.54) is 6.42 Å². The van der Waals surface area contributed by atoms with Crippen molar-refractivity contribution in [2.45, 2.75) is 52.9 Å². The monoisotopic (exact) mass is 186 g/mol. The van der Waals surface area contributed by atoms with Gasteiger partial charge in [-0.3, -0.25) is 4.79 Å². The molecule has 0 aromatic heterocycles. The standard InChI is InChI=1S/C11H22O2/c1-4-7-9(5-2)10(6-3)8-11(12)13/h9-10H,4-8H2,1-3H3,(H,12,13). The Labute approximate surface area is 81.3 Å². The fraction of sp³-hybridized carbons (Fsp3) is 0.909. The van der Waals surface area contributed by atoms with Gasteiger partial charge in [-0.2, -0.15) is 0 Å². The van der Waals surface area contributed by atoms with Crippen LogP contribution in [-0.2, 0) is 4.79 Å². The third-order valence-corrected chi connectivity index (χ3v) is 2.81. The molecule has 0 bridgehead atoms. The predicted molar refractivity (Wildman–Crippen MR) is 54.7 cm³/mol. The van der Waals surface area contributed by atoms with Crippen LogP contribution in [-0.4, -0.2) is 11.1 Å². The molecule has 2 heteroatoms. The normalized spacial score (nSPS) is 15.3. The van der Waals surface area contributed by atoms with Crippen LogP contribution in [0.5, 0.6) is 0 Å². The van der Waals surface area contributed by atoms with Crippen molar-refractivity contribution in [2.75, 3.05) is 0 Å². The summed E-state index contributed by atoms with van der Waals surface area (Å²) in [7, 11) is 0. The molecule has 78 valence electrons. The maximum absolute atomic E-state index is 10.6. The van der Waals surface area contributed by atoms with Crippen LogP contribution in [0.15, 0.2) is 0 Å². The minimum absolute atomic E-state index is 0.342. The maximum atomic E-state index is 10.6. The molecule has 1 N–H and O–H groups in total. The van der Waals surface area contributed by atoms with E-state index in [0.29, 0.717) is 18.3 Å². The summed E-state index contributed by atoms with van der Waals surface area (Å²) in [6.07, 6.45) is 4.77. The molecule has 0 fully saturated rings. The first kappa shape index (κ1) is 12.5. The fourth-order valence-corrected chi connectivity index (χ4v) is 2.01. The van der Waals surface area contributed by atoms with Gasteiger partial charge in [-0.05, 0) is 11.8 Å². The molecular formula is C11H22O2. The second-order valence-corrected chi connectivity index (χ2v) is 3.72. The summed E-state index contributed by atoms with van der Waals surface area (Å²) in [5.41, 5.74) is 0. The summed E-state index contributed by atoms with van der Waals surface area (Å²) in [5, 5.41) is 8.73. The molecule has 0 aliphatic rings. The number of carboxylic acids is 1. The van der Waals surface area contributed by atoms with E-state index in [4.69, 9.17) is 5.11 Å². The highest BCUT2D eigenvalue weighted by molar-refractivity contribution is 5.67. The van der Waals surface area contributed by atoms with Crippen molar-refractivity contribution in [3.63, 3.8) is 0 Å². The Morgan fingerprint density at radius 1 is 1.15 bits per heavy atom.